The summed E-state index contributed by atoms with van der Waals surface area (Å²) in [5, 5.41) is 2.94. The molecule has 6 heteroatoms. The van der Waals surface area contributed by atoms with Gasteiger partial charge >= 0.3 is 0 Å². The molecule has 0 atom stereocenters. The van der Waals surface area contributed by atoms with Crippen molar-refractivity contribution in [3.05, 3.63) is 40.9 Å². The average Bonchev–Trinajstić information content (AvgIpc) is 2.80. The van der Waals surface area contributed by atoms with Gasteiger partial charge in [-0.1, -0.05) is 6.92 Å². The van der Waals surface area contributed by atoms with Crippen molar-refractivity contribution in [2.45, 2.75) is 19.9 Å². The van der Waals surface area contributed by atoms with E-state index in [1.165, 1.54) is 0 Å². The number of nitrogens with one attached hydrogen (secondary N) is 1. The van der Waals surface area contributed by atoms with Gasteiger partial charge in [-0.15, -0.1) is 0 Å². The van der Waals surface area contributed by atoms with Crippen LogP contribution < -0.4 is 10.2 Å². The molecule has 0 fully saturated rings. The van der Waals surface area contributed by atoms with E-state index in [4.69, 9.17) is 0 Å². The highest BCUT2D eigenvalue weighted by atomic mass is 79.9. The molecular formula is C15H19BrN4O. The monoisotopic (exact) mass is 350 g/mol. The van der Waals surface area contributed by atoms with E-state index in [1.807, 2.05) is 41.9 Å². The number of nitrogens with zero attached hydrogens (tertiary/aromatic N) is 3. The predicted octanol–water partition coefficient (Wildman–Crippen LogP) is 3.37. The van der Waals surface area contributed by atoms with Gasteiger partial charge in [-0.3, -0.25) is 9.78 Å². The second-order valence-corrected chi connectivity index (χ2v) is 5.89. The van der Waals surface area contributed by atoms with E-state index in [2.05, 4.69) is 33.2 Å². The molecule has 0 unspecified atom stereocenters. The first-order valence-corrected chi connectivity index (χ1v) is 7.60. The largest absolute Gasteiger partial charge is 0.376 e. The molecule has 1 N–H and O–H groups in total. The van der Waals surface area contributed by atoms with Crippen molar-refractivity contribution in [3.8, 4) is 0 Å². The highest BCUT2D eigenvalue weighted by Gasteiger charge is 2.15. The maximum Gasteiger partial charge on any atom is 0.272 e. The van der Waals surface area contributed by atoms with E-state index >= 15 is 0 Å². The Bertz CT molecular complexity index is 636. The lowest BCUT2D eigenvalue weighted by molar-refractivity contribution is 0.101. The normalized spacial score (nSPS) is 10.5. The van der Waals surface area contributed by atoms with Crippen LogP contribution in [-0.2, 0) is 6.54 Å². The Hall–Kier alpha value is -1.82. The molecule has 0 aromatic carbocycles. The summed E-state index contributed by atoms with van der Waals surface area (Å²) in [5.74, 6) is -0.134. The highest BCUT2D eigenvalue weighted by molar-refractivity contribution is 9.10. The maximum absolute atomic E-state index is 12.5. The van der Waals surface area contributed by atoms with Gasteiger partial charge in [0.1, 0.15) is 5.69 Å². The van der Waals surface area contributed by atoms with Crippen LogP contribution in [0.1, 0.15) is 23.8 Å². The van der Waals surface area contributed by atoms with Gasteiger partial charge in [-0.25, -0.2) is 0 Å². The zero-order valence-electron chi connectivity index (χ0n) is 12.4. The lowest BCUT2D eigenvalue weighted by atomic mass is 10.3. The van der Waals surface area contributed by atoms with Crippen LogP contribution >= 0.6 is 15.9 Å². The third-order valence-corrected chi connectivity index (χ3v) is 3.52. The number of anilines is 2. The summed E-state index contributed by atoms with van der Waals surface area (Å²) < 4.78 is 2.85. The molecule has 0 aliphatic carbocycles. The lowest BCUT2D eigenvalue weighted by Gasteiger charge is -2.17. The Kier molecular flexibility index (Phi) is 5.01. The summed E-state index contributed by atoms with van der Waals surface area (Å²) in [5.41, 5.74) is 2.26. The van der Waals surface area contributed by atoms with E-state index in [-0.39, 0.29) is 5.91 Å². The van der Waals surface area contributed by atoms with Crippen molar-refractivity contribution < 1.29 is 4.79 Å². The second-order valence-electron chi connectivity index (χ2n) is 4.98. The lowest BCUT2D eigenvalue weighted by Crippen LogP contribution is -2.19. The highest BCUT2D eigenvalue weighted by Crippen LogP contribution is 2.24. The van der Waals surface area contributed by atoms with Crippen molar-refractivity contribution in [1.29, 1.82) is 0 Å². The van der Waals surface area contributed by atoms with Crippen molar-refractivity contribution in [1.82, 2.24) is 9.55 Å². The minimum Gasteiger partial charge on any atom is -0.376 e. The molecule has 0 bridgehead atoms. The quantitative estimate of drug-likeness (QED) is 0.899. The minimum absolute atomic E-state index is 0.134. The van der Waals surface area contributed by atoms with E-state index in [1.54, 1.807) is 12.4 Å². The zero-order chi connectivity index (χ0) is 15.4. The number of hydrogen-bond acceptors (Lipinski definition) is 3. The number of aryl methyl sites for hydroxylation is 1. The number of amides is 1. The Balaban J connectivity index is 2.26. The van der Waals surface area contributed by atoms with Crippen molar-refractivity contribution >= 4 is 33.2 Å². The number of carbonyl (C=O) groups is 1. The first-order chi connectivity index (χ1) is 10.0. The van der Waals surface area contributed by atoms with E-state index in [0.29, 0.717) is 11.4 Å². The van der Waals surface area contributed by atoms with Crippen molar-refractivity contribution in [3.63, 3.8) is 0 Å². The van der Waals surface area contributed by atoms with Gasteiger partial charge in [0.2, 0.25) is 0 Å². The molecule has 21 heavy (non-hydrogen) atoms. The van der Waals surface area contributed by atoms with Gasteiger partial charge in [0.15, 0.2) is 0 Å². The van der Waals surface area contributed by atoms with Crippen LogP contribution in [0.3, 0.4) is 0 Å². The molecule has 0 saturated heterocycles. The van der Waals surface area contributed by atoms with Gasteiger partial charge in [0.25, 0.3) is 5.91 Å². The van der Waals surface area contributed by atoms with Crippen LogP contribution in [0.2, 0.25) is 0 Å². The predicted molar refractivity (Wildman–Crippen MR) is 88.9 cm³/mol. The first kappa shape index (κ1) is 15.6. The first-order valence-electron chi connectivity index (χ1n) is 6.81. The topological polar surface area (TPSA) is 50.2 Å². The molecule has 2 aromatic heterocycles. The molecule has 5 nitrogen and oxygen atoms in total. The van der Waals surface area contributed by atoms with Gasteiger partial charge in [0.05, 0.1) is 17.6 Å². The molecule has 0 saturated carbocycles. The number of pyridine rings is 1. The summed E-state index contributed by atoms with van der Waals surface area (Å²) in [6.07, 6.45) is 6.27. The van der Waals surface area contributed by atoms with Crippen LogP contribution in [0, 0.1) is 0 Å². The summed E-state index contributed by atoms with van der Waals surface area (Å²) in [7, 11) is 3.86. The summed E-state index contributed by atoms with van der Waals surface area (Å²) in [4.78, 5) is 18.5. The fourth-order valence-corrected chi connectivity index (χ4v) is 2.61. The summed E-state index contributed by atoms with van der Waals surface area (Å²) in [6.45, 7) is 2.89. The number of aromatic nitrogens is 2. The maximum atomic E-state index is 12.5. The van der Waals surface area contributed by atoms with Crippen LogP contribution in [0.5, 0.6) is 0 Å². The van der Waals surface area contributed by atoms with E-state index in [0.717, 1.165) is 23.1 Å². The molecule has 2 heterocycles. The van der Waals surface area contributed by atoms with Crippen molar-refractivity contribution in [2.24, 2.45) is 0 Å². The fourth-order valence-electron chi connectivity index (χ4n) is 2.15. The van der Waals surface area contributed by atoms with Gasteiger partial charge in [-0.05, 0) is 34.5 Å². The number of carbonyl (C=O) groups excluding carboxylic acids is 1. The molecule has 0 radical (unpaired) electrons. The van der Waals surface area contributed by atoms with E-state index in [9.17, 15) is 4.79 Å². The van der Waals surface area contributed by atoms with Gasteiger partial charge in [-0.2, -0.15) is 0 Å². The minimum atomic E-state index is -0.134. The standard InChI is InChI=1S/C15H19BrN4O/c1-4-7-20-10-11(16)8-14(20)15(21)18-12-9-17-6-5-13(12)19(2)3/h5-6,8-10H,4,7H2,1-3H3,(H,18,21). The smallest absolute Gasteiger partial charge is 0.272 e. The third-order valence-electron chi connectivity index (χ3n) is 3.09. The average molecular weight is 351 g/mol. The molecular weight excluding hydrogens is 332 g/mol. The second kappa shape index (κ2) is 6.76. The number of hydrogen-bond donors (Lipinski definition) is 1. The Morgan fingerprint density at radius 1 is 1.48 bits per heavy atom. The van der Waals surface area contributed by atoms with Gasteiger partial charge < -0.3 is 14.8 Å². The summed E-state index contributed by atoms with van der Waals surface area (Å²) >= 11 is 3.42. The molecule has 0 aliphatic rings. The van der Waals surface area contributed by atoms with Crippen LogP contribution in [0.25, 0.3) is 0 Å². The Morgan fingerprint density at radius 3 is 2.90 bits per heavy atom. The van der Waals surface area contributed by atoms with Crippen LogP contribution in [-0.4, -0.2) is 29.6 Å². The molecule has 0 spiro atoms. The number of halogens is 1. The zero-order valence-corrected chi connectivity index (χ0v) is 14.0. The molecule has 1 amide bonds. The summed E-state index contributed by atoms with van der Waals surface area (Å²) in [6, 6.07) is 3.70. The molecule has 0 aliphatic heterocycles. The van der Waals surface area contributed by atoms with Crippen molar-refractivity contribution in [2.75, 3.05) is 24.3 Å². The van der Waals surface area contributed by atoms with Crippen LogP contribution in [0.4, 0.5) is 11.4 Å². The molecule has 2 rings (SSSR count). The Labute approximate surface area is 133 Å². The Morgan fingerprint density at radius 2 is 2.24 bits per heavy atom. The third kappa shape index (κ3) is 3.64. The fraction of sp³-hybridized carbons (Fsp3) is 0.333. The molecule has 2 aromatic rings. The van der Waals surface area contributed by atoms with Gasteiger partial charge in [0, 0.05) is 37.5 Å². The molecule has 112 valence electrons. The van der Waals surface area contributed by atoms with Crippen LogP contribution in [0.15, 0.2) is 35.2 Å². The SMILES string of the molecule is CCCn1cc(Br)cc1C(=O)Nc1cnccc1N(C)C. The number of rotatable bonds is 5. The van der Waals surface area contributed by atoms with E-state index < -0.39 is 0 Å².